The molecule has 1 rings (SSSR count). The predicted molar refractivity (Wildman–Crippen MR) is 71.4 cm³/mol. The van der Waals surface area contributed by atoms with Gasteiger partial charge in [-0.25, -0.2) is 0 Å². The maximum Gasteiger partial charge on any atom is 0.0336 e. The van der Waals surface area contributed by atoms with Crippen molar-refractivity contribution in [1.82, 2.24) is 4.90 Å². The summed E-state index contributed by atoms with van der Waals surface area (Å²) in [5.41, 5.74) is 0. The summed E-state index contributed by atoms with van der Waals surface area (Å²) in [6, 6.07) is 2.11. The standard InChI is InChI=1S/C10H15Br2NS/c1-8(11)3-5-13(2)7-10-9(12)4-6-14-10/h4,6,8H,3,5,7H2,1-2H3. The van der Waals surface area contributed by atoms with Crippen LogP contribution in [0.4, 0.5) is 0 Å². The summed E-state index contributed by atoms with van der Waals surface area (Å²) < 4.78 is 1.24. The van der Waals surface area contributed by atoms with E-state index in [1.165, 1.54) is 15.8 Å². The molecule has 0 radical (unpaired) electrons. The van der Waals surface area contributed by atoms with Gasteiger partial charge in [-0.15, -0.1) is 11.3 Å². The minimum absolute atomic E-state index is 0.608. The van der Waals surface area contributed by atoms with Gasteiger partial charge in [-0.3, -0.25) is 0 Å². The second-order valence-corrected chi connectivity index (χ2v) is 6.92. The summed E-state index contributed by atoms with van der Waals surface area (Å²) in [5, 5.41) is 2.13. The fourth-order valence-electron chi connectivity index (χ4n) is 1.16. The Hall–Kier alpha value is 0.620. The maximum absolute atomic E-state index is 3.56. The van der Waals surface area contributed by atoms with Crippen LogP contribution in [0, 0.1) is 0 Å². The molecule has 0 fully saturated rings. The molecule has 0 saturated carbocycles. The Morgan fingerprint density at radius 1 is 1.57 bits per heavy atom. The van der Waals surface area contributed by atoms with E-state index >= 15 is 0 Å². The van der Waals surface area contributed by atoms with Gasteiger partial charge in [0.05, 0.1) is 0 Å². The van der Waals surface area contributed by atoms with Crippen molar-refractivity contribution in [3.8, 4) is 0 Å². The molecule has 1 aromatic rings. The third kappa shape index (κ3) is 4.43. The van der Waals surface area contributed by atoms with Gasteiger partial charge in [-0.05, 0) is 47.4 Å². The Labute approximate surface area is 107 Å². The summed E-state index contributed by atoms with van der Waals surface area (Å²) >= 11 is 8.92. The molecule has 0 saturated heterocycles. The molecule has 1 aromatic heterocycles. The molecule has 0 aliphatic rings. The normalized spacial score (nSPS) is 13.5. The van der Waals surface area contributed by atoms with Gasteiger partial charge in [0.1, 0.15) is 0 Å². The fraction of sp³-hybridized carbons (Fsp3) is 0.600. The monoisotopic (exact) mass is 339 g/mol. The van der Waals surface area contributed by atoms with E-state index in [1.807, 2.05) is 11.3 Å². The van der Waals surface area contributed by atoms with Gasteiger partial charge in [0.25, 0.3) is 0 Å². The first-order chi connectivity index (χ1) is 6.59. The topological polar surface area (TPSA) is 3.24 Å². The lowest BCUT2D eigenvalue weighted by Gasteiger charge is -2.16. The second kappa shape index (κ2) is 6.26. The minimum atomic E-state index is 0.608. The number of nitrogens with zero attached hydrogens (tertiary/aromatic N) is 1. The Bertz CT molecular complexity index is 273. The Morgan fingerprint density at radius 2 is 2.29 bits per heavy atom. The van der Waals surface area contributed by atoms with Crippen molar-refractivity contribution in [2.24, 2.45) is 0 Å². The lowest BCUT2D eigenvalue weighted by molar-refractivity contribution is 0.325. The number of thiophene rings is 1. The highest BCUT2D eigenvalue weighted by Crippen LogP contribution is 2.23. The summed E-state index contributed by atoms with van der Waals surface area (Å²) in [6.45, 7) is 4.36. The average molecular weight is 341 g/mol. The first-order valence-electron chi connectivity index (χ1n) is 4.64. The van der Waals surface area contributed by atoms with Crippen LogP contribution in [-0.2, 0) is 6.54 Å². The molecule has 1 heterocycles. The molecule has 0 amide bonds. The summed E-state index contributed by atoms with van der Waals surface area (Å²) in [5.74, 6) is 0. The van der Waals surface area contributed by atoms with Crippen LogP contribution in [0.25, 0.3) is 0 Å². The maximum atomic E-state index is 3.56. The van der Waals surface area contributed by atoms with Crippen molar-refractivity contribution in [3.63, 3.8) is 0 Å². The van der Waals surface area contributed by atoms with Crippen LogP contribution < -0.4 is 0 Å². The molecule has 1 atom stereocenters. The van der Waals surface area contributed by atoms with Crippen molar-refractivity contribution >= 4 is 43.2 Å². The van der Waals surface area contributed by atoms with E-state index in [-0.39, 0.29) is 0 Å². The molecule has 0 spiro atoms. The Kier molecular flexibility index (Phi) is 5.67. The van der Waals surface area contributed by atoms with Gasteiger partial charge >= 0.3 is 0 Å². The van der Waals surface area contributed by atoms with Crippen LogP contribution in [0.1, 0.15) is 18.2 Å². The van der Waals surface area contributed by atoms with E-state index in [4.69, 9.17) is 0 Å². The number of rotatable bonds is 5. The number of hydrogen-bond donors (Lipinski definition) is 0. The average Bonchev–Trinajstić information content (AvgIpc) is 2.49. The van der Waals surface area contributed by atoms with Crippen LogP contribution >= 0.6 is 43.2 Å². The van der Waals surface area contributed by atoms with Crippen molar-refractivity contribution in [2.45, 2.75) is 24.7 Å². The number of alkyl halides is 1. The van der Waals surface area contributed by atoms with Gasteiger partial charge in [0, 0.05) is 20.7 Å². The zero-order valence-electron chi connectivity index (χ0n) is 8.46. The first kappa shape index (κ1) is 12.7. The highest BCUT2D eigenvalue weighted by atomic mass is 79.9. The van der Waals surface area contributed by atoms with Crippen LogP contribution in [0.2, 0.25) is 0 Å². The highest BCUT2D eigenvalue weighted by molar-refractivity contribution is 9.10. The van der Waals surface area contributed by atoms with Gasteiger partial charge in [-0.2, -0.15) is 0 Å². The van der Waals surface area contributed by atoms with Crippen molar-refractivity contribution < 1.29 is 0 Å². The summed E-state index contributed by atoms with van der Waals surface area (Å²) in [7, 11) is 2.17. The lowest BCUT2D eigenvalue weighted by Crippen LogP contribution is -2.20. The molecule has 0 aliphatic carbocycles. The molecular formula is C10H15Br2NS. The van der Waals surface area contributed by atoms with Crippen molar-refractivity contribution in [2.75, 3.05) is 13.6 Å². The van der Waals surface area contributed by atoms with E-state index in [2.05, 4.69) is 62.2 Å². The molecule has 80 valence electrons. The summed E-state index contributed by atoms with van der Waals surface area (Å²) in [6.07, 6.45) is 1.19. The molecule has 0 N–H and O–H groups in total. The van der Waals surface area contributed by atoms with Crippen LogP contribution in [0.3, 0.4) is 0 Å². The van der Waals surface area contributed by atoms with Crippen LogP contribution in [0.15, 0.2) is 15.9 Å². The Morgan fingerprint density at radius 3 is 2.79 bits per heavy atom. The SMILES string of the molecule is CC(Br)CCN(C)Cc1sccc1Br. The molecule has 4 heteroatoms. The second-order valence-electron chi connectivity index (χ2n) is 3.50. The highest BCUT2D eigenvalue weighted by Gasteiger charge is 2.06. The van der Waals surface area contributed by atoms with Crippen LogP contribution in [0.5, 0.6) is 0 Å². The van der Waals surface area contributed by atoms with Gasteiger partial charge in [0.15, 0.2) is 0 Å². The van der Waals surface area contributed by atoms with E-state index in [0.29, 0.717) is 4.83 Å². The van der Waals surface area contributed by atoms with Gasteiger partial charge in [-0.1, -0.05) is 22.9 Å². The van der Waals surface area contributed by atoms with Crippen LogP contribution in [-0.4, -0.2) is 23.3 Å². The largest absolute Gasteiger partial charge is 0.301 e. The molecule has 0 bridgehead atoms. The quantitative estimate of drug-likeness (QED) is 0.729. The van der Waals surface area contributed by atoms with Crippen molar-refractivity contribution in [3.05, 3.63) is 20.8 Å². The molecular weight excluding hydrogens is 326 g/mol. The summed E-state index contributed by atoms with van der Waals surface area (Å²) in [4.78, 5) is 4.38. The third-order valence-electron chi connectivity index (χ3n) is 2.01. The fourth-order valence-corrected chi connectivity index (χ4v) is 2.92. The number of hydrogen-bond acceptors (Lipinski definition) is 2. The lowest BCUT2D eigenvalue weighted by atomic mass is 10.3. The molecule has 1 nitrogen and oxygen atoms in total. The molecule has 1 unspecified atom stereocenters. The first-order valence-corrected chi connectivity index (χ1v) is 7.23. The van der Waals surface area contributed by atoms with E-state index < -0.39 is 0 Å². The van der Waals surface area contributed by atoms with Gasteiger partial charge < -0.3 is 4.90 Å². The zero-order valence-corrected chi connectivity index (χ0v) is 12.5. The Balaban J connectivity index is 2.34. The molecule has 0 aliphatic heterocycles. The third-order valence-corrected chi connectivity index (χ3v) is 4.38. The van der Waals surface area contributed by atoms with E-state index in [1.54, 1.807) is 0 Å². The predicted octanol–water partition coefficient (Wildman–Crippen LogP) is 4.12. The minimum Gasteiger partial charge on any atom is -0.301 e. The molecule has 0 aromatic carbocycles. The van der Waals surface area contributed by atoms with E-state index in [9.17, 15) is 0 Å². The number of halogens is 2. The molecule has 14 heavy (non-hydrogen) atoms. The smallest absolute Gasteiger partial charge is 0.0336 e. The van der Waals surface area contributed by atoms with Gasteiger partial charge in [0.2, 0.25) is 0 Å². The van der Waals surface area contributed by atoms with Crippen molar-refractivity contribution in [1.29, 1.82) is 0 Å². The van der Waals surface area contributed by atoms with E-state index in [0.717, 1.165) is 13.1 Å². The zero-order chi connectivity index (χ0) is 10.6.